The van der Waals surface area contributed by atoms with Crippen LogP contribution in [-0.2, 0) is 9.47 Å². The SMILES string of the molecule is OC(F)(OC(F)(OC(F)(F)C(F)(Cl)C(F)(F)F)C(F)(F)F)C(F)(F)F. The van der Waals surface area contributed by atoms with Crippen molar-refractivity contribution in [1.29, 1.82) is 0 Å². The van der Waals surface area contributed by atoms with Crippen LogP contribution in [-0.4, -0.2) is 47.0 Å². The lowest BCUT2D eigenvalue weighted by Gasteiger charge is -2.37. The van der Waals surface area contributed by atoms with Gasteiger partial charge in [0.25, 0.3) is 0 Å². The summed E-state index contributed by atoms with van der Waals surface area (Å²) in [6.45, 7) is 0. The maximum atomic E-state index is 13.2. The maximum absolute atomic E-state index is 13.2. The number of alkyl halides is 15. The van der Waals surface area contributed by atoms with E-state index in [4.69, 9.17) is 5.11 Å². The average Bonchev–Trinajstić information content (AvgIpc) is 2.21. The Labute approximate surface area is 131 Å². The first kappa shape index (κ1) is 24.2. The highest BCUT2D eigenvalue weighted by Gasteiger charge is 2.79. The smallest absolute Gasteiger partial charge is 0.332 e. The topological polar surface area (TPSA) is 38.7 Å². The quantitative estimate of drug-likeness (QED) is 0.395. The van der Waals surface area contributed by atoms with E-state index < -0.39 is 41.8 Å². The normalized spacial score (nSPS) is 22.1. The fraction of sp³-hybridized carbons (Fsp3) is 1.00. The molecule has 0 saturated heterocycles. The molecule has 3 nitrogen and oxygen atoms in total. The molecule has 0 aromatic carbocycles. The van der Waals surface area contributed by atoms with E-state index >= 15 is 0 Å². The Morgan fingerprint density at radius 3 is 1.16 bits per heavy atom. The second-order valence-corrected chi connectivity index (χ2v) is 4.41. The molecule has 0 aromatic heterocycles. The minimum absolute atomic E-state index is 1.64. The molecular formula is C7HClF14O3. The van der Waals surface area contributed by atoms with Gasteiger partial charge in [-0.25, -0.2) is 13.9 Å². The average molecular weight is 435 g/mol. The van der Waals surface area contributed by atoms with Gasteiger partial charge in [0.15, 0.2) is 0 Å². The Morgan fingerprint density at radius 1 is 0.560 bits per heavy atom. The van der Waals surface area contributed by atoms with Gasteiger partial charge in [-0.1, -0.05) is 11.6 Å². The van der Waals surface area contributed by atoms with E-state index in [0.29, 0.717) is 0 Å². The van der Waals surface area contributed by atoms with Crippen molar-refractivity contribution in [3.05, 3.63) is 0 Å². The van der Waals surface area contributed by atoms with Crippen LogP contribution in [0.5, 0.6) is 0 Å². The molecular weight excluding hydrogens is 433 g/mol. The van der Waals surface area contributed by atoms with Gasteiger partial charge in [-0.15, -0.1) is 0 Å². The lowest BCUT2D eigenvalue weighted by Crippen LogP contribution is -2.62. The van der Waals surface area contributed by atoms with Crippen LogP contribution >= 0.6 is 11.6 Å². The molecule has 0 aliphatic rings. The third kappa shape index (κ3) is 4.68. The largest absolute Gasteiger partial charge is 0.478 e. The van der Waals surface area contributed by atoms with Crippen molar-refractivity contribution >= 4 is 11.6 Å². The van der Waals surface area contributed by atoms with Crippen LogP contribution in [0.25, 0.3) is 0 Å². The number of halogens is 15. The summed E-state index contributed by atoms with van der Waals surface area (Å²) in [5.74, 6) is 0. The molecule has 1 N–H and O–H groups in total. The van der Waals surface area contributed by atoms with E-state index in [1.165, 1.54) is 0 Å². The Balaban J connectivity index is 6.04. The molecule has 0 aliphatic carbocycles. The Hall–Kier alpha value is -0.810. The second-order valence-electron chi connectivity index (χ2n) is 3.89. The molecule has 25 heavy (non-hydrogen) atoms. The summed E-state index contributed by atoms with van der Waals surface area (Å²) >= 11 is 3.59. The van der Waals surface area contributed by atoms with Crippen molar-refractivity contribution in [2.75, 3.05) is 0 Å². The molecule has 0 amide bonds. The zero-order valence-electron chi connectivity index (χ0n) is 10.4. The van der Waals surface area contributed by atoms with Crippen LogP contribution < -0.4 is 0 Å². The Morgan fingerprint density at radius 2 is 0.920 bits per heavy atom. The molecule has 0 bridgehead atoms. The maximum Gasteiger partial charge on any atom is 0.478 e. The number of hydrogen-bond acceptors (Lipinski definition) is 3. The molecule has 152 valence electrons. The Kier molecular flexibility index (Phi) is 5.92. The lowest BCUT2D eigenvalue weighted by molar-refractivity contribution is -0.575. The monoisotopic (exact) mass is 434 g/mol. The van der Waals surface area contributed by atoms with Crippen LogP contribution in [0, 0.1) is 0 Å². The number of ether oxygens (including phenoxy) is 2. The fourth-order valence-corrected chi connectivity index (χ4v) is 0.801. The van der Waals surface area contributed by atoms with Gasteiger partial charge in [-0.3, -0.25) is 0 Å². The molecule has 0 rings (SSSR count). The minimum atomic E-state index is -7.31. The van der Waals surface area contributed by atoms with Crippen LogP contribution in [0.15, 0.2) is 0 Å². The second kappa shape index (κ2) is 6.12. The first-order chi connectivity index (χ1) is 10.4. The van der Waals surface area contributed by atoms with Gasteiger partial charge in [0, 0.05) is 0 Å². The van der Waals surface area contributed by atoms with Gasteiger partial charge < -0.3 is 5.11 Å². The molecule has 0 aromatic rings. The first-order valence-electron chi connectivity index (χ1n) is 4.87. The third-order valence-electron chi connectivity index (χ3n) is 1.94. The van der Waals surface area contributed by atoms with Crippen molar-refractivity contribution in [2.45, 2.75) is 41.8 Å². The summed E-state index contributed by atoms with van der Waals surface area (Å²) in [6, 6.07) is -13.8. The van der Waals surface area contributed by atoms with Gasteiger partial charge in [0.05, 0.1) is 0 Å². The third-order valence-corrected chi connectivity index (χ3v) is 2.37. The van der Waals surface area contributed by atoms with Crippen LogP contribution in [0.2, 0.25) is 0 Å². The predicted molar refractivity (Wildman–Crippen MR) is 44.9 cm³/mol. The van der Waals surface area contributed by atoms with Crippen LogP contribution in [0.1, 0.15) is 0 Å². The van der Waals surface area contributed by atoms with Gasteiger partial charge in [-0.05, 0) is 0 Å². The van der Waals surface area contributed by atoms with E-state index in [2.05, 4.69) is 11.6 Å². The van der Waals surface area contributed by atoms with E-state index in [1.807, 2.05) is 0 Å². The van der Waals surface area contributed by atoms with Crippen molar-refractivity contribution in [2.24, 2.45) is 0 Å². The zero-order valence-corrected chi connectivity index (χ0v) is 11.2. The van der Waals surface area contributed by atoms with Crippen molar-refractivity contribution < 1.29 is 76.0 Å². The molecule has 0 spiro atoms. The van der Waals surface area contributed by atoms with Crippen LogP contribution in [0.4, 0.5) is 61.5 Å². The molecule has 18 heteroatoms. The highest BCUT2D eigenvalue weighted by atomic mass is 35.5. The van der Waals surface area contributed by atoms with Gasteiger partial charge >= 0.3 is 41.8 Å². The van der Waals surface area contributed by atoms with E-state index in [0.717, 1.165) is 0 Å². The molecule has 0 saturated carbocycles. The van der Waals surface area contributed by atoms with E-state index in [1.54, 1.807) is 9.47 Å². The van der Waals surface area contributed by atoms with E-state index in [9.17, 15) is 61.5 Å². The molecule has 0 aliphatic heterocycles. The van der Waals surface area contributed by atoms with Gasteiger partial charge in [-0.2, -0.15) is 57.1 Å². The number of rotatable bonds is 5. The number of hydrogen-bond donors (Lipinski definition) is 1. The van der Waals surface area contributed by atoms with E-state index in [-0.39, 0.29) is 0 Å². The molecule has 0 heterocycles. The predicted octanol–water partition coefficient (Wildman–Crippen LogP) is 4.44. The highest BCUT2D eigenvalue weighted by Crippen LogP contribution is 2.53. The summed E-state index contributed by atoms with van der Waals surface area (Å²) in [4.78, 5) is 0. The zero-order chi connectivity index (χ0) is 20.9. The summed E-state index contributed by atoms with van der Waals surface area (Å²) in [5, 5.41) is 1.26. The minimum Gasteiger partial charge on any atom is -0.332 e. The summed E-state index contributed by atoms with van der Waals surface area (Å²) in [6.07, 6.45) is -28.3. The number of aliphatic hydroxyl groups is 1. The summed E-state index contributed by atoms with van der Waals surface area (Å²) in [5.41, 5.74) is 0. The molecule has 0 fully saturated rings. The van der Waals surface area contributed by atoms with Crippen molar-refractivity contribution in [1.82, 2.24) is 0 Å². The van der Waals surface area contributed by atoms with Crippen molar-refractivity contribution in [3.8, 4) is 0 Å². The van der Waals surface area contributed by atoms with Gasteiger partial charge in [0.2, 0.25) is 0 Å². The van der Waals surface area contributed by atoms with Crippen LogP contribution in [0.3, 0.4) is 0 Å². The molecule has 0 radical (unpaired) electrons. The fourth-order valence-electron chi connectivity index (χ4n) is 0.762. The standard InChI is InChI=1S/C7HClF14O3/c8-1(9,2(10,11)12)5(19,20)24-7(22,4(16,17)18)25-6(21,23)3(13,14)15/h23H. The Bertz CT molecular complexity index is 478. The molecule has 3 atom stereocenters. The lowest BCUT2D eigenvalue weighted by atomic mass is 10.3. The summed E-state index contributed by atoms with van der Waals surface area (Å²) in [7, 11) is 0. The van der Waals surface area contributed by atoms with Crippen molar-refractivity contribution in [3.63, 3.8) is 0 Å². The highest BCUT2D eigenvalue weighted by molar-refractivity contribution is 6.24. The summed E-state index contributed by atoms with van der Waals surface area (Å²) < 4.78 is 175. The van der Waals surface area contributed by atoms with Gasteiger partial charge in [0.1, 0.15) is 0 Å². The first-order valence-corrected chi connectivity index (χ1v) is 5.25. The molecule has 3 unspecified atom stereocenters.